The lowest BCUT2D eigenvalue weighted by molar-refractivity contribution is 0.0953. The van der Waals surface area contributed by atoms with Gasteiger partial charge in [0.05, 0.1) is 6.26 Å². The van der Waals surface area contributed by atoms with E-state index in [4.69, 9.17) is 4.42 Å². The Morgan fingerprint density at radius 2 is 1.96 bits per heavy atom. The molecule has 3 N–H and O–H groups in total. The van der Waals surface area contributed by atoms with E-state index >= 15 is 0 Å². The van der Waals surface area contributed by atoms with E-state index in [1.165, 1.54) is 0 Å². The Morgan fingerprint density at radius 3 is 2.65 bits per heavy atom. The third kappa shape index (κ3) is 8.22. The first-order valence-electron chi connectivity index (χ1n) is 8.27. The number of guanidine groups is 1. The third-order valence-electron chi connectivity index (χ3n) is 3.34. The maximum atomic E-state index is 12.0. The summed E-state index contributed by atoms with van der Waals surface area (Å²) in [6.45, 7) is 4.59. The van der Waals surface area contributed by atoms with Crippen LogP contribution < -0.4 is 16.0 Å². The first-order chi connectivity index (χ1) is 12.2. The fourth-order valence-electron chi connectivity index (χ4n) is 2.13. The van der Waals surface area contributed by atoms with Gasteiger partial charge < -0.3 is 20.4 Å². The van der Waals surface area contributed by atoms with Gasteiger partial charge in [-0.3, -0.25) is 4.79 Å². The number of furan rings is 1. The zero-order chi connectivity index (χ0) is 17.9. The number of amides is 1. The van der Waals surface area contributed by atoms with Crippen molar-refractivity contribution in [2.45, 2.75) is 19.9 Å². The lowest BCUT2D eigenvalue weighted by Gasteiger charge is -2.11. The summed E-state index contributed by atoms with van der Waals surface area (Å²) in [5.41, 5.74) is 0.649. The average molecular weight is 535 g/mol. The van der Waals surface area contributed by atoms with Gasteiger partial charge in [-0.1, -0.05) is 22.0 Å². The van der Waals surface area contributed by atoms with Crippen LogP contribution in [0.1, 0.15) is 29.5 Å². The second-order valence-electron chi connectivity index (χ2n) is 5.32. The van der Waals surface area contributed by atoms with Gasteiger partial charge in [-0.05, 0) is 43.7 Å². The number of aliphatic imine (C=N–C) groups is 1. The highest BCUT2D eigenvalue weighted by molar-refractivity contribution is 14.0. The smallest absolute Gasteiger partial charge is 0.251 e. The number of carbonyl (C=O) groups is 1. The second kappa shape index (κ2) is 12.7. The molecule has 0 aliphatic rings. The van der Waals surface area contributed by atoms with Crippen molar-refractivity contribution in [1.82, 2.24) is 16.0 Å². The van der Waals surface area contributed by atoms with E-state index in [0.717, 1.165) is 29.2 Å². The number of benzene rings is 1. The Balaban J connectivity index is 0.00000338. The SMILES string of the molecule is CCNC(=NCc1ccco1)NCCCNC(=O)c1cccc(Br)c1.I. The number of carbonyl (C=O) groups excluding carboxylic acids is 1. The average Bonchev–Trinajstić information content (AvgIpc) is 3.12. The molecule has 0 unspecified atom stereocenters. The van der Waals surface area contributed by atoms with Gasteiger partial charge in [0.25, 0.3) is 5.91 Å². The predicted octanol–water partition coefficient (Wildman–Crippen LogP) is 3.54. The highest BCUT2D eigenvalue weighted by atomic mass is 127. The van der Waals surface area contributed by atoms with Gasteiger partial charge in [0.2, 0.25) is 0 Å². The largest absolute Gasteiger partial charge is 0.467 e. The van der Waals surface area contributed by atoms with Crippen molar-refractivity contribution >= 4 is 51.8 Å². The fourth-order valence-corrected chi connectivity index (χ4v) is 2.53. The minimum atomic E-state index is -0.0697. The standard InChI is InChI=1S/C18H23BrN4O2.HI/c1-2-20-18(23-13-16-8-4-11-25-16)22-10-5-9-21-17(24)14-6-3-7-15(19)12-14;/h3-4,6-8,11-12H,2,5,9-10,13H2,1H3,(H,21,24)(H2,20,22,23);1H. The molecule has 0 aliphatic heterocycles. The molecule has 0 spiro atoms. The molecule has 0 saturated carbocycles. The summed E-state index contributed by atoms with van der Waals surface area (Å²) in [6.07, 6.45) is 2.43. The highest BCUT2D eigenvalue weighted by Gasteiger charge is 2.05. The molecule has 2 rings (SSSR count). The number of halogens is 2. The second-order valence-corrected chi connectivity index (χ2v) is 6.24. The van der Waals surface area contributed by atoms with Crippen LogP contribution in [0.4, 0.5) is 0 Å². The van der Waals surface area contributed by atoms with Gasteiger partial charge in [0.1, 0.15) is 12.3 Å². The molecule has 0 radical (unpaired) electrons. The highest BCUT2D eigenvalue weighted by Crippen LogP contribution is 2.11. The van der Waals surface area contributed by atoms with Crippen LogP contribution in [-0.4, -0.2) is 31.5 Å². The van der Waals surface area contributed by atoms with Crippen molar-refractivity contribution in [3.63, 3.8) is 0 Å². The molecule has 0 aliphatic carbocycles. The van der Waals surface area contributed by atoms with Crippen molar-refractivity contribution < 1.29 is 9.21 Å². The zero-order valence-electron chi connectivity index (χ0n) is 14.6. The van der Waals surface area contributed by atoms with E-state index in [0.29, 0.717) is 25.2 Å². The number of nitrogens with one attached hydrogen (secondary N) is 3. The fraction of sp³-hybridized carbons (Fsp3) is 0.333. The lowest BCUT2D eigenvalue weighted by atomic mass is 10.2. The molecule has 0 saturated heterocycles. The minimum absolute atomic E-state index is 0. The van der Waals surface area contributed by atoms with Gasteiger partial charge in [0.15, 0.2) is 5.96 Å². The first kappa shape index (κ1) is 22.5. The molecule has 142 valence electrons. The van der Waals surface area contributed by atoms with Crippen LogP contribution in [0.25, 0.3) is 0 Å². The molecular weight excluding hydrogens is 511 g/mol. The molecule has 0 fully saturated rings. The first-order valence-corrected chi connectivity index (χ1v) is 9.06. The molecule has 1 amide bonds. The van der Waals surface area contributed by atoms with E-state index in [2.05, 4.69) is 36.9 Å². The number of nitrogens with zero attached hydrogens (tertiary/aromatic N) is 1. The Kier molecular flexibility index (Phi) is 11.0. The van der Waals surface area contributed by atoms with Crippen LogP contribution in [0, 0.1) is 0 Å². The van der Waals surface area contributed by atoms with Gasteiger partial charge in [-0.15, -0.1) is 24.0 Å². The summed E-state index contributed by atoms with van der Waals surface area (Å²) in [5, 5.41) is 9.34. The van der Waals surface area contributed by atoms with Crippen molar-refractivity contribution in [1.29, 1.82) is 0 Å². The van der Waals surface area contributed by atoms with Gasteiger partial charge in [-0.2, -0.15) is 0 Å². The normalized spacial score (nSPS) is 10.8. The molecule has 1 aromatic carbocycles. The number of hydrogen-bond acceptors (Lipinski definition) is 3. The molecule has 0 atom stereocenters. The maximum absolute atomic E-state index is 12.0. The summed E-state index contributed by atoms with van der Waals surface area (Å²) >= 11 is 3.37. The summed E-state index contributed by atoms with van der Waals surface area (Å²) in [7, 11) is 0. The van der Waals surface area contributed by atoms with Crippen molar-refractivity contribution in [3.05, 3.63) is 58.5 Å². The predicted molar refractivity (Wildman–Crippen MR) is 118 cm³/mol. The van der Waals surface area contributed by atoms with E-state index in [1.807, 2.05) is 31.2 Å². The van der Waals surface area contributed by atoms with Crippen LogP contribution in [0.5, 0.6) is 0 Å². The molecule has 8 heteroatoms. The van der Waals surface area contributed by atoms with E-state index < -0.39 is 0 Å². The Bertz CT molecular complexity index is 692. The van der Waals surface area contributed by atoms with Crippen molar-refractivity contribution in [3.8, 4) is 0 Å². The molecule has 2 aromatic rings. The third-order valence-corrected chi connectivity index (χ3v) is 3.83. The quantitative estimate of drug-likeness (QED) is 0.209. The summed E-state index contributed by atoms with van der Waals surface area (Å²) in [6, 6.07) is 11.1. The summed E-state index contributed by atoms with van der Waals surface area (Å²) < 4.78 is 6.16. The Morgan fingerprint density at radius 1 is 1.15 bits per heavy atom. The van der Waals surface area contributed by atoms with Gasteiger partial charge >= 0.3 is 0 Å². The molecule has 1 heterocycles. The van der Waals surface area contributed by atoms with Crippen LogP contribution in [0.3, 0.4) is 0 Å². The van der Waals surface area contributed by atoms with E-state index in [1.54, 1.807) is 18.4 Å². The Hall–Kier alpha value is -1.55. The monoisotopic (exact) mass is 534 g/mol. The minimum Gasteiger partial charge on any atom is -0.467 e. The molecule has 6 nitrogen and oxygen atoms in total. The van der Waals surface area contributed by atoms with Gasteiger partial charge in [0, 0.05) is 29.7 Å². The number of rotatable bonds is 8. The summed E-state index contributed by atoms with van der Waals surface area (Å²) in [4.78, 5) is 16.5. The van der Waals surface area contributed by atoms with Crippen molar-refractivity contribution in [2.24, 2.45) is 4.99 Å². The van der Waals surface area contributed by atoms with Crippen LogP contribution in [0.15, 0.2) is 56.5 Å². The van der Waals surface area contributed by atoms with Crippen LogP contribution >= 0.6 is 39.9 Å². The maximum Gasteiger partial charge on any atom is 0.251 e. The molecule has 1 aromatic heterocycles. The van der Waals surface area contributed by atoms with Crippen LogP contribution in [0.2, 0.25) is 0 Å². The van der Waals surface area contributed by atoms with Crippen LogP contribution in [-0.2, 0) is 6.54 Å². The number of hydrogen-bond donors (Lipinski definition) is 3. The molecule has 26 heavy (non-hydrogen) atoms. The molecule has 0 bridgehead atoms. The van der Waals surface area contributed by atoms with E-state index in [-0.39, 0.29) is 29.9 Å². The lowest BCUT2D eigenvalue weighted by Crippen LogP contribution is -2.38. The Labute approximate surface area is 179 Å². The summed E-state index contributed by atoms with van der Waals surface area (Å²) in [5.74, 6) is 1.48. The zero-order valence-corrected chi connectivity index (χ0v) is 18.5. The van der Waals surface area contributed by atoms with Gasteiger partial charge in [-0.25, -0.2) is 4.99 Å². The topological polar surface area (TPSA) is 78.7 Å². The van der Waals surface area contributed by atoms with Crippen molar-refractivity contribution in [2.75, 3.05) is 19.6 Å². The van der Waals surface area contributed by atoms with E-state index in [9.17, 15) is 4.79 Å². The molecular formula is C18H24BrIN4O2.